The highest BCUT2D eigenvalue weighted by molar-refractivity contribution is 5.88. The molecule has 0 unspecified atom stereocenters. The van der Waals surface area contributed by atoms with Gasteiger partial charge in [0.25, 0.3) is 0 Å². The third-order valence-corrected chi connectivity index (χ3v) is 3.63. The molecule has 0 bridgehead atoms. The Labute approximate surface area is 151 Å². The minimum atomic E-state index is -1.15. The molecule has 1 atom stereocenters. The Morgan fingerprint density at radius 3 is 2.54 bits per heavy atom. The van der Waals surface area contributed by atoms with Gasteiger partial charge in [0.1, 0.15) is 6.04 Å². The fraction of sp³-hybridized carbons (Fsp3) is 0.389. The van der Waals surface area contributed by atoms with Gasteiger partial charge in [-0.1, -0.05) is 18.2 Å². The standard InChI is InChI=1S/C18H24N4O4/c1-18(2,3)22-15(23)10-20-17(26)21-14(16(24)25)8-11-9-19-13-7-5-4-6-12(11)13/h4-7,9,14,19H,8,10H2,1-3H3,(H,22,23)(H,24,25)(H2,20,21,26)/t14-/m0/s1. The first-order valence-corrected chi connectivity index (χ1v) is 8.29. The predicted molar refractivity (Wildman–Crippen MR) is 97.9 cm³/mol. The Balaban J connectivity index is 1.94. The van der Waals surface area contributed by atoms with Gasteiger partial charge in [-0.25, -0.2) is 9.59 Å². The Morgan fingerprint density at radius 1 is 1.19 bits per heavy atom. The number of benzene rings is 1. The first-order chi connectivity index (χ1) is 12.2. The lowest BCUT2D eigenvalue weighted by molar-refractivity contribution is -0.139. The highest BCUT2D eigenvalue weighted by atomic mass is 16.4. The predicted octanol–water partition coefficient (Wildman–Crippen LogP) is 1.38. The molecule has 0 radical (unpaired) electrons. The van der Waals surface area contributed by atoms with Gasteiger partial charge in [-0.15, -0.1) is 0 Å². The lowest BCUT2D eigenvalue weighted by atomic mass is 10.1. The molecular weight excluding hydrogens is 336 g/mol. The third kappa shape index (κ3) is 5.51. The van der Waals surface area contributed by atoms with Crippen LogP contribution in [0.2, 0.25) is 0 Å². The zero-order chi connectivity index (χ0) is 19.3. The third-order valence-electron chi connectivity index (χ3n) is 3.63. The van der Waals surface area contributed by atoms with E-state index in [1.165, 1.54) is 0 Å². The number of aromatic nitrogens is 1. The van der Waals surface area contributed by atoms with Crippen molar-refractivity contribution in [3.05, 3.63) is 36.0 Å². The number of para-hydroxylation sites is 1. The Kier molecular flexibility index (Phi) is 5.86. The normalized spacial score (nSPS) is 12.4. The molecule has 0 saturated carbocycles. The molecule has 0 saturated heterocycles. The molecule has 0 spiro atoms. The first-order valence-electron chi connectivity index (χ1n) is 8.29. The lowest BCUT2D eigenvalue weighted by Gasteiger charge is -2.21. The molecule has 1 aromatic carbocycles. The van der Waals surface area contributed by atoms with E-state index in [-0.39, 0.29) is 18.9 Å². The molecule has 3 amide bonds. The van der Waals surface area contributed by atoms with Crippen molar-refractivity contribution in [1.29, 1.82) is 0 Å². The van der Waals surface area contributed by atoms with Crippen molar-refractivity contribution in [2.24, 2.45) is 0 Å². The zero-order valence-corrected chi connectivity index (χ0v) is 15.1. The Hall–Kier alpha value is -3.03. The fourth-order valence-corrected chi connectivity index (χ4v) is 2.55. The summed E-state index contributed by atoms with van der Waals surface area (Å²) in [6.45, 7) is 5.24. The number of aliphatic carboxylic acids is 1. The fourth-order valence-electron chi connectivity index (χ4n) is 2.55. The quantitative estimate of drug-likeness (QED) is 0.534. The van der Waals surface area contributed by atoms with E-state index in [4.69, 9.17) is 0 Å². The van der Waals surface area contributed by atoms with Crippen molar-refractivity contribution in [2.75, 3.05) is 6.54 Å². The van der Waals surface area contributed by atoms with Crippen LogP contribution in [-0.4, -0.2) is 46.1 Å². The average Bonchev–Trinajstić information content (AvgIpc) is 2.94. The summed E-state index contributed by atoms with van der Waals surface area (Å²) < 4.78 is 0. The maximum absolute atomic E-state index is 11.9. The first kappa shape index (κ1) is 19.3. The second-order valence-corrected chi connectivity index (χ2v) is 7.08. The molecule has 0 fully saturated rings. The molecule has 140 valence electrons. The minimum absolute atomic E-state index is 0.126. The van der Waals surface area contributed by atoms with Crippen molar-refractivity contribution >= 4 is 28.8 Å². The van der Waals surface area contributed by atoms with E-state index >= 15 is 0 Å². The molecule has 26 heavy (non-hydrogen) atoms. The summed E-state index contributed by atoms with van der Waals surface area (Å²) in [6.07, 6.45) is 1.86. The number of rotatable bonds is 6. The Morgan fingerprint density at radius 2 is 1.88 bits per heavy atom. The summed E-state index contributed by atoms with van der Waals surface area (Å²) in [6, 6.07) is 5.70. The molecule has 2 aromatic rings. The number of carbonyl (C=O) groups is 3. The molecule has 2 rings (SSSR count). The van der Waals surface area contributed by atoms with Gasteiger partial charge in [0.15, 0.2) is 0 Å². The number of H-pyrrole nitrogens is 1. The smallest absolute Gasteiger partial charge is 0.326 e. The number of carboxylic acid groups (broad SMARTS) is 1. The van der Waals surface area contributed by atoms with Crippen molar-refractivity contribution in [1.82, 2.24) is 20.9 Å². The van der Waals surface area contributed by atoms with Gasteiger partial charge in [0.2, 0.25) is 5.91 Å². The molecule has 8 nitrogen and oxygen atoms in total. The minimum Gasteiger partial charge on any atom is -0.480 e. The van der Waals surface area contributed by atoms with Crippen LogP contribution in [0.5, 0.6) is 0 Å². The van der Waals surface area contributed by atoms with Crippen molar-refractivity contribution < 1.29 is 19.5 Å². The monoisotopic (exact) mass is 360 g/mol. The van der Waals surface area contributed by atoms with E-state index < -0.39 is 23.6 Å². The van der Waals surface area contributed by atoms with E-state index in [0.29, 0.717) is 0 Å². The summed E-state index contributed by atoms with van der Waals surface area (Å²) in [5.74, 6) is -1.50. The summed E-state index contributed by atoms with van der Waals surface area (Å²) in [5.41, 5.74) is 1.28. The highest BCUT2D eigenvalue weighted by Crippen LogP contribution is 2.19. The topological polar surface area (TPSA) is 123 Å². The molecular formula is C18H24N4O4. The molecule has 0 aliphatic heterocycles. The second kappa shape index (κ2) is 7.90. The SMILES string of the molecule is CC(C)(C)NC(=O)CNC(=O)N[C@@H](Cc1c[nH]c2ccccc12)C(=O)O. The number of carbonyl (C=O) groups excluding carboxylic acids is 2. The average molecular weight is 360 g/mol. The van der Waals surface area contributed by atoms with E-state index in [1.54, 1.807) is 6.20 Å². The molecule has 5 N–H and O–H groups in total. The van der Waals surface area contributed by atoms with E-state index in [1.807, 2.05) is 45.0 Å². The van der Waals surface area contributed by atoms with Gasteiger partial charge in [-0.3, -0.25) is 4.79 Å². The maximum Gasteiger partial charge on any atom is 0.326 e. The molecule has 1 heterocycles. The number of urea groups is 1. The van der Waals surface area contributed by atoms with Gasteiger partial charge in [0, 0.05) is 29.1 Å². The van der Waals surface area contributed by atoms with Crippen LogP contribution in [0.15, 0.2) is 30.5 Å². The van der Waals surface area contributed by atoms with Crippen LogP contribution in [0.4, 0.5) is 4.79 Å². The largest absolute Gasteiger partial charge is 0.480 e. The summed E-state index contributed by atoms with van der Waals surface area (Å²) in [5, 5.41) is 17.8. The summed E-state index contributed by atoms with van der Waals surface area (Å²) >= 11 is 0. The number of amides is 3. The highest BCUT2D eigenvalue weighted by Gasteiger charge is 2.22. The molecule has 0 aliphatic carbocycles. The van der Waals surface area contributed by atoms with Crippen LogP contribution in [0.3, 0.4) is 0 Å². The van der Waals surface area contributed by atoms with Crippen LogP contribution in [0.25, 0.3) is 10.9 Å². The number of nitrogens with one attached hydrogen (secondary N) is 4. The van der Waals surface area contributed by atoms with Gasteiger partial charge in [-0.05, 0) is 32.4 Å². The van der Waals surface area contributed by atoms with Gasteiger partial charge >= 0.3 is 12.0 Å². The zero-order valence-electron chi connectivity index (χ0n) is 15.1. The molecule has 8 heteroatoms. The molecule has 1 aromatic heterocycles. The number of hydrogen-bond acceptors (Lipinski definition) is 3. The van der Waals surface area contributed by atoms with Crippen molar-refractivity contribution in [3.8, 4) is 0 Å². The van der Waals surface area contributed by atoms with E-state index in [0.717, 1.165) is 16.5 Å². The lowest BCUT2D eigenvalue weighted by Crippen LogP contribution is -2.51. The maximum atomic E-state index is 11.9. The van der Waals surface area contributed by atoms with Gasteiger partial charge < -0.3 is 26.0 Å². The van der Waals surface area contributed by atoms with Gasteiger partial charge in [0.05, 0.1) is 6.54 Å². The number of carboxylic acids is 1. The van der Waals surface area contributed by atoms with Gasteiger partial charge in [-0.2, -0.15) is 0 Å². The molecule has 0 aliphatic rings. The van der Waals surface area contributed by atoms with Crippen LogP contribution in [0.1, 0.15) is 26.3 Å². The summed E-state index contributed by atoms with van der Waals surface area (Å²) in [7, 11) is 0. The van der Waals surface area contributed by atoms with E-state index in [2.05, 4.69) is 20.9 Å². The number of aromatic amines is 1. The van der Waals surface area contributed by atoms with E-state index in [9.17, 15) is 19.5 Å². The van der Waals surface area contributed by atoms with Crippen molar-refractivity contribution in [2.45, 2.75) is 38.8 Å². The number of hydrogen-bond donors (Lipinski definition) is 5. The number of fused-ring (bicyclic) bond motifs is 1. The van der Waals surface area contributed by atoms with Crippen molar-refractivity contribution in [3.63, 3.8) is 0 Å². The van der Waals surface area contributed by atoms with Crippen LogP contribution >= 0.6 is 0 Å². The van der Waals surface area contributed by atoms with Crippen LogP contribution in [-0.2, 0) is 16.0 Å². The van der Waals surface area contributed by atoms with Crippen LogP contribution < -0.4 is 16.0 Å². The Bertz CT molecular complexity index is 807. The van der Waals surface area contributed by atoms with Crippen LogP contribution in [0, 0.1) is 0 Å². The summed E-state index contributed by atoms with van der Waals surface area (Å²) in [4.78, 5) is 38.2. The second-order valence-electron chi connectivity index (χ2n) is 7.08.